The molecule has 0 amide bonds. The predicted molar refractivity (Wildman–Crippen MR) is 84.7 cm³/mol. The Morgan fingerprint density at radius 3 is 2.47 bits per heavy atom. The Kier molecular flexibility index (Phi) is 8.67. The Morgan fingerprint density at radius 2 is 1.89 bits per heavy atom. The van der Waals surface area contributed by atoms with Gasteiger partial charge in [0.25, 0.3) is 0 Å². The number of unbranched alkanes of at least 4 members (excludes halogenated alkanes) is 1. The molecule has 3 heteroatoms. The maximum atomic E-state index is 3.74. The molecule has 0 bridgehead atoms. The summed E-state index contributed by atoms with van der Waals surface area (Å²) in [5.74, 6) is 0.891. The van der Waals surface area contributed by atoms with Gasteiger partial charge in [-0.15, -0.1) is 0 Å². The number of nitrogens with one attached hydrogen (secondary N) is 1. The van der Waals surface area contributed by atoms with E-state index >= 15 is 0 Å². The summed E-state index contributed by atoms with van der Waals surface area (Å²) in [4.78, 5) is 4.90. The summed E-state index contributed by atoms with van der Waals surface area (Å²) in [7, 11) is 4.31. The molecule has 1 N–H and O–H groups in total. The summed E-state index contributed by atoms with van der Waals surface area (Å²) in [6.45, 7) is 11.0. The number of nitrogens with zero attached hydrogens (tertiary/aromatic N) is 2. The number of likely N-dealkylation sites (tertiary alicyclic amines) is 1. The monoisotopic (exact) mass is 269 g/mol. The van der Waals surface area contributed by atoms with Crippen molar-refractivity contribution in [3.63, 3.8) is 0 Å². The fourth-order valence-electron chi connectivity index (χ4n) is 3.04. The fourth-order valence-corrected chi connectivity index (χ4v) is 3.04. The van der Waals surface area contributed by atoms with Crippen molar-refractivity contribution in [3.8, 4) is 0 Å². The molecule has 0 saturated carbocycles. The van der Waals surface area contributed by atoms with Crippen LogP contribution in [-0.4, -0.2) is 62.7 Å². The van der Waals surface area contributed by atoms with Crippen molar-refractivity contribution in [2.24, 2.45) is 5.92 Å². The van der Waals surface area contributed by atoms with Crippen LogP contribution in [0.25, 0.3) is 0 Å². The first-order chi connectivity index (χ1) is 9.13. The fraction of sp³-hybridized carbons (Fsp3) is 1.00. The molecule has 0 aromatic carbocycles. The summed E-state index contributed by atoms with van der Waals surface area (Å²) in [5.41, 5.74) is 0. The van der Waals surface area contributed by atoms with Crippen LogP contribution in [0.2, 0.25) is 0 Å². The summed E-state index contributed by atoms with van der Waals surface area (Å²) < 4.78 is 0. The SMILES string of the molecule is CCCN1CCC(C(C)NCCCCN(C)C)CC1. The van der Waals surface area contributed by atoms with Gasteiger partial charge in [-0.25, -0.2) is 0 Å². The van der Waals surface area contributed by atoms with E-state index in [1.165, 1.54) is 64.8 Å². The lowest BCUT2D eigenvalue weighted by Crippen LogP contribution is -2.42. The first-order valence-corrected chi connectivity index (χ1v) is 8.24. The zero-order valence-corrected chi connectivity index (χ0v) is 13.6. The molecular formula is C16H35N3. The Hall–Kier alpha value is -0.120. The molecule has 0 aliphatic carbocycles. The molecule has 1 saturated heterocycles. The van der Waals surface area contributed by atoms with Gasteiger partial charge in [0.05, 0.1) is 0 Å². The Labute approximate surface area is 120 Å². The van der Waals surface area contributed by atoms with E-state index in [1.807, 2.05) is 0 Å². The van der Waals surface area contributed by atoms with E-state index in [-0.39, 0.29) is 0 Å². The van der Waals surface area contributed by atoms with Crippen LogP contribution in [0.4, 0.5) is 0 Å². The smallest absolute Gasteiger partial charge is 0.00679 e. The lowest BCUT2D eigenvalue weighted by atomic mass is 9.90. The second kappa shape index (κ2) is 9.73. The van der Waals surface area contributed by atoms with E-state index in [0.717, 1.165) is 5.92 Å². The molecule has 0 radical (unpaired) electrons. The number of piperidine rings is 1. The normalized spacial score (nSPS) is 20.1. The van der Waals surface area contributed by atoms with Gasteiger partial charge < -0.3 is 15.1 Å². The molecule has 3 nitrogen and oxygen atoms in total. The van der Waals surface area contributed by atoms with Gasteiger partial charge in [0, 0.05) is 6.04 Å². The molecule has 1 fully saturated rings. The van der Waals surface area contributed by atoms with Gasteiger partial charge in [-0.3, -0.25) is 0 Å². The van der Waals surface area contributed by atoms with Crippen molar-refractivity contribution in [3.05, 3.63) is 0 Å². The Balaban J connectivity index is 2.05. The highest BCUT2D eigenvalue weighted by atomic mass is 15.1. The standard InChI is InChI=1S/C16H35N3/c1-5-11-19-13-8-16(9-14-19)15(2)17-10-6-7-12-18(3)4/h15-17H,5-14H2,1-4H3. The van der Waals surface area contributed by atoms with Crippen LogP contribution in [0, 0.1) is 5.92 Å². The van der Waals surface area contributed by atoms with E-state index in [0.29, 0.717) is 6.04 Å². The zero-order chi connectivity index (χ0) is 14.1. The van der Waals surface area contributed by atoms with E-state index in [9.17, 15) is 0 Å². The zero-order valence-electron chi connectivity index (χ0n) is 13.6. The van der Waals surface area contributed by atoms with Crippen LogP contribution < -0.4 is 5.32 Å². The predicted octanol–water partition coefficient (Wildman–Crippen LogP) is 2.43. The van der Waals surface area contributed by atoms with Crippen LogP contribution in [0.3, 0.4) is 0 Å². The number of hydrogen-bond acceptors (Lipinski definition) is 3. The lowest BCUT2D eigenvalue weighted by Gasteiger charge is -2.35. The third kappa shape index (κ3) is 7.28. The summed E-state index contributed by atoms with van der Waals surface area (Å²) in [6, 6.07) is 0.697. The van der Waals surface area contributed by atoms with Gasteiger partial charge in [-0.2, -0.15) is 0 Å². The van der Waals surface area contributed by atoms with Crippen molar-refractivity contribution in [1.82, 2.24) is 15.1 Å². The molecule has 114 valence electrons. The van der Waals surface area contributed by atoms with Gasteiger partial charge in [0.1, 0.15) is 0 Å². The molecule has 0 aromatic rings. The summed E-state index contributed by atoms with van der Waals surface area (Å²) in [5, 5.41) is 3.74. The maximum Gasteiger partial charge on any atom is 0.00679 e. The number of rotatable bonds is 9. The minimum Gasteiger partial charge on any atom is -0.314 e. The molecule has 1 aliphatic heterocycles. The van der Waals surface area contributed by atoms with Crippen molar-refractivity contribution in [2.45, 2.75) is 52.0 Å². The first kappa shape index (κ1) is 16.9. The molecule has 1 atom stereocenters. The van der Waals surface area contributed by atoms with Crippen molar-refractivity contribution < 1.29 is 0 Å². The third-order valence-corrected chi connectivity index (χ3v) is 4.38. The summed E-state index contributed by atoms with van der Waals surface area (Å²) >= 11 is 0. The molecule has 1 aliphatic rings. The number of hydrogen-bond donors (Lipinski definition) is 1. The first-order valence-electron chi connectivity index (χ1n) is 8.24. The van der Waals surface area contributed by atoms with E-state index in [1.54, 1.807) is 0 Å². The van der Waals surface area contributed by atoms with Gasteiger partial charge in [0.2, 0.25) is 0 Å². The van der Waals surface area contributed by atoms with Gasteiger partial charge >= 0.3 is 0 Å². The Bertz CT molecular complexity index is 210. The minimum absolute atomic E-state index is 0.697. The average molecular weight is 269 g/mol. The molecule has 1 unspecified atom stereocenters. The molecular weight excluding hydrogens is 234 g/mol. The van der Waals surface area contributed by atoms with Gasteiger partial charge in [-0.1, -0.05) is 6.92 Å². The quantitative estimate of drug-likeness (QED) is 0.649. The maximum absolute atomic E-state index is 3.74. The van der Waals surface area contributed by atoms with E-state index in [4.69, 9.17) is 0 Å². The van der Waals surface area contributed by atoms with Crippen LogP contribution >= 0.6 is 0 Å². The second-order valence-electron chi connectivity index (χ2n) is 6.43. The molecule has 1 heterocycles. The second-order valence-corrected chi connectivity index (χ2v) is 6.43. The highest BCUT2D eigenvalue weighted by molar-refractivity contribution is 4.79. The Morgan fingerprint density at radius 1 is 1.21 bits per heavy atom. The lowest BCUT2D eigenvalue weighted by molar-refractivity contribution is 0.162. The van der Waals surface area contributed by atoms with Crippen LogP contribution in [0.1, 0.15) is 46.0 Å². The minimum atomic E-state index is 0.697. The average Bonchev–Trinajstić information content (AvgIpc) is 2.39. The van der Waals surface area contributed by atoms with Crippen LogP contribution in [0.5, 0.6) is 0 Å². The van der Waals surface area contributed by atoms with E-state index < -0.39 is 0 Å². The van der Waals surface area contributed by atoms with Crippen molar-refractivity contribution in [1.29, 1.82) is 0 Å². The molecule has 1 rings (SSSR count). The van der Waals surface area contributed by atoms with E-state index in [2.05, 4.69) is 43.1 Å². The largest absolute Gasteiger partial charge is 0.314 e. The summed E-state index contributed by atoms with van der Waals surface area (Å²) in [6.07, 6.45) is 6.67. The highest BCUT2D eigenvalue weighted by Gasteiger charge is 2.22. The molecule has 0 spiro atoms. The third-order valence-electron chi connectivity index (χ3n) is 4.38. The van der Waals surface area contributed by atoms with Gasteiger partial charge in [-0.05, 0) is 91.8 Å². The highest BCUT2D eigenvalue weighted by Crippen LogP contribution is 2.20. The van der Waals surface area contributed by atoms with Crippen molar-refractivity contribution in [2.75, 3.05) is 46.8 Å². The van der Waals surface area contributed by atoms with Crippen LogP contribution in [-0.2, 0) is 0 Å². The van der Waals surface area contributed by atoms with Gasteiger partial charge in [0.15, 0.2) is 0 Å². The molecule has 19 heavy (non-hydrogen) atoms. The topological polar surface area (TPSA) is 18.5 Å². The van der Waals surface area contributed by atoms with Crippen LogP contribution in [0.15, 0.2) is 0 Å². The molecule has 0 aromatic heterocycles. The van der Waals surface area contributed by atoms with Crippen molar-refractivity contribution >= 4 is 0 Å².